The Morgan fingerprint density at radius 2 is 2.15 bits per heavy atom. The van der Waals surface area contributed by atoms with E-state index in [9.17, 15) is 4.79 Å². The third-order valence-corrected chi connectivity index (χ3v) is 4.86. The number of nitrogens with zero attached hydrogens (tertiary/aromatic N) is 4. The first-order chi connectivity index (χ1) is 12.1. The number of halogens is 2. The van der Waals surface area contributed by atoms with Crippen LogP contribution in [0.15, 0.2) is 24.3 Å². The van der Waals surface area contributed by atoms with Crippen LogP contribution < -0.4 is 10.6 Å². The smallest absolute Gasteiger partial charge is 0.247 e. The van der Waals surface area contributed by atoms with Gasteiger partial charge in [0.25, 0.3) is 0 Å². The number of hydrogen-bond acceptors (Lipinski definition) is 5. The minimum atomic E-state index is -0.462. The highest BCUT2D eigenvalue weighted by atomic mass is 35.5. The minimum Gasteiger partial charge on any atom is -0.351 e. The van der Waals surface area contributed by atoms with Crippen molar-refractivity contribution in [2.75, 3.05) is 13.1 Å². The molecule has 2 N–H and O–H groups in total. The van der Waals surface area contributed by atoms with Crippen molar-refractivity contribution >= 4 is 29.9 Å². The SMILES string of the molecule is CCC(C(=O)NC1CCNCC1C)n1nnc(-c2ccc(Cl)cc2)n1.Cl. The normalized spacial score (nSPS) is 20.9. The van der Waals surface area contributed by atoms with Gasteiger partial charge in [-0.05, 0) is 61.3 Å². The number of carbonyl (C=O) groups excluding carboxylic acids is 1. The van der Waals surface area contributed by atoms with Crippen LogP contribution in [0.5, 0.6) is 0 Å². The molecule has 26 heavy (non-hydrogen) atoms. The lowest BCUT2D eigenvalue weighted by Gasteiger charge is -2.31. The van der Waals surface area contributed by atoms with Crippen LogP contribution in [0.2, 0.25) is 5.02 Å². The zero-order chi connectivity index (χ0) is 17.8. The van der Waals surface area contributed by atoms with E-state index >= 15 is 0 Å². The maximum absolute atomic E-state index is 12.7. The second kappa shape index (κ2) is 9.30. The molecule has 3 unspecified atom stereocenters. The first-order valence-electron chi connectivity index (χ1n) is 8.65. The molecule has 9 heteroatoms. The zero-order valence-corrected chi connectivity index (χ0v) is 16.4. The number of benzene rings is 1. The van der Waals surface area contributed by atoms with Gasteiger partial charge in [0.2, 0.25) is 11.7 Å². The summed E-state index contributed by atoms with van der Waals surface area (Å²) in [7, 11) is 0. The number of nitrogens with one attached hydrogen (secondary N) is 2. The first kappa shape index (κ1) is 20.6. The molecule has 0 aliphatic carbocycles. The maximum atomic E-state index is 12.7. The van der Waals surface area contributed by atoms with Gasteiger partial charge in [0.15, 0.2) is 6.04 Å². The van der Waals surface area contributed by atoms with Crippen molar-refractivity contribution in [3.63, 3.8) is 0 Å². The Balaban J connectivity index is 0.00000243. The van der Waals surface area contributed by atoms with Gasteiger partial charge in [-0.15, -0.1) is 22.6 Å². The van der Waals surface area contributed by atoms with Gasteiger partial charge in [0.1, 0.15) is 0 Å². The van der Waals surface area contributed by atoms with Crippen molar-refractivity contribution in [3.8, 4) is 11.4 Å². The summed E-state index contributed by atoms with van der Waals surface area (Å²) in [6, 6.07) is 6.95. The fourth-order valence-corrected chi connectivity index (χ4v) is 3.16. The van der Waals surface area contributed by atoms with Crippen molar-refractivity contribution < 1.29 is 4.79 Å². The van der Waals surface area contributed by atoms with Crippen LogP contribution in [0.1, 0.15) is 32.7 Å². The average molecular weight is 399 g/mol. The standard InChI is InChI=1S/C17H23ClN6O.ClH/c1-3-15(17(25)20-14-8-9-19-10-11(14)2)24-22-16(21-23-24)12-4-6-13(18)7-5-12;/h4-7,11,14-15,19H,3,8-10H2,1-2H3,(H,20,25);1H. The summed E-state index contributed by atoms with van der Waals surface area (Å²) in [5, 5.41) is 19.7. The minimum absolute atomic E-state index is 0. The molecule has 1 aliphatic rings. The quantitative estimate of drug-likeness (QED) is 0.807. The van der Waals surface area contributed by atoms with Crippen LogP contribution in [0.25, 0.3) is 11.4 Å². The number of tetrazole rings is 1. The van der Waals surface area contributed by atoms with Crippen LogP contribution in [-0.2, 0) is 4.79 Å². The molecule has 7 nitrogen and oxygen atoms in total. The van der Waals surface area contributed by atoms with Crippen molar-refractivity contribution in [1.29, 1.82) is 0 Å². The summed E-state index contributed by atoms with van der Waals surface area (Å²) in [5.74, 6) is 0.836. The van der Waals surface area contributed by atoms with Crippen molar-refractivity contribution in [3.05, 3.63) is 29.3 Å². The van der Waals surface area contributed by atoms with E-state index in [1.807, 2.05) is 19.1 Å². The predicted molar refractivity (Wildman–Crippen MR) is 103 cm³/mol. The molecule has 1 aromatic carbocycles. The van der Waals surface area contributed by atoms with Crippen LogP contribution in [0.3, 0.4) is 0 Å². The van der Waals surface area contributed by atoms with E-state index in [4.69, 9.17) is 11.6 Å². The van der Waals surface area contributed by atoms with E-state index in [2.05, 4.69) is 33.0 Å². The van der Waals surface area contributed by atoms with Gasteiger partial charge < -0.3 is 10.6 Å². The molecule has 0 saturated carbocycles. The molecule has 2 aromatic rings. The third kappa shape index (κ3) is 4.72. The molecular formula is C17H24Cl2N6O. The lowest BCUT2D eigenvalue weighted by molar-refractivity contribution is -0.126. The molecule has 0 radical (unpaired) electrons. The highest BCUT2D eigenvalue weighted by molar-refractivity contribution is 6.30. The summed E-state index contributed by atoms with van der Waals surface area (Å²) in [5.41, 5.74) is 0.817. The van der Waals surface area contributed by atoms with E-state index in [0.717, 1.165) is 25.1 Å². The van der Waals surface area contributed by atoms with Gasteiger partial charge in [0, 0.05) is 16.6 Å². The molecule has 142 valence electrons. The fourth-order valence-electron chi connectivity index (χ4n) is 3.03. The van der Waals surface area contributed by atoms with E-state index in [0.29, 0.717) is 23.2 Å². The Morgan fingerprint density at radius 3 is 2.81 bits per heavy atom. The molecule has 3 atom stereocenters. The van der Waals surface area contributed by atoms with Gasteiger partial charge in [-0.3, -0.25) is 4.79 Å². The second-order valence-corrected chi connectivity index (χ2v) is 6.89. The van der Waals surface area contributed by atoms with Crippen LogP contribution in [-0.4, -0.2) is 45.2 Å². The second-order valence-electron chi connectivity index (χ2n) is 6.45. The summed E-state index contributed by atoms with van der Waals surface area (Å²) in [6.45, 7) is 5.93. The molecule has 0 bridgehead atoms. The molecular weight excluding hydrogens is 375 g/mol. The lowest BCUT2D eigenvalue weighted by Crippen LogP contribution is -2.50. The Kier molecular flexibility index (Phi) is 7.37. The summed E-state index contributed by atoms with van der Waals surface area (Å²) >= 11 is 5.90. The Labute approximate surface area is 164 Å². The molecule has 2 heterocycles. The highest BCUT2D eigenvalue weighted by Crippen LogP contribution is 2.19. The van der Waals surface area contributed by atoms with Crippen LogP contribution in [0.4, 0.5) is 0 Å². The Hall–Kier alpha value is -1.70. The Morgan fingerprint density at radius 1 is 1.42 bits per heavy atom. The predicted octanol–water partition coefficient (Wildman–Crippen LogP) is 2.48. The van der Waals surface area contributed by atoms with Crippen molar-refractivity contribution in [1.82, 2.24) is 30.8 Å². The van der Waals surface area contributed by atoms with Gasteiger partial charge in [0.05, 0.1) is 0 Å². The number of amides is 1. The third-order valence-electron chi connectivity index (χ3n) is 4.61. The largest absolute Gasteiger partial charge is 0.351 e. The molecule has 1 aromatic heterocycles. The summed E-state index contributed by atoms with van der Waals surface area (Å²) < 4.78 is 0. The maximum Gasteiger partial charge on any atom is 0.247 e. The monoisotopic (exact) mass is 398 g/mol. The topological polar surface area (TPSA) is 84.7 Å². The number of rotatable bonds is 5. The van der Waals surface area contributed by atoms with E-state index in [-0.39, 0.29) is 24.4 Å². The molecule has 1 saturated heterocycles. The molecule has 1 aliphatic heterocycles. The van der Waals surface area contributed by atoms with E-state index in [1.54, 1.807) is 12.1 Å². The van der Waals surface area contributed by atoms with Gasteiger partial charge in [-0.2, -0.15) is 4.80 Å². The van der Waals surface area contributed by atoms with Crippen LogP contribution in [0, 0.1) is 5.92 Å². The van der Waals surface area contributed by atoms with Crippen molar-refractivity contribution in [2.45, 2.75) is 38.8 Å². The highest BCUT2D eigenvalue weighted by Gasteiger charge is 2.28. The molecule has 3 rings (SSSR count). The summed E-state index contributed by atoms with van der Waals surface area (Å²) in [4.78, 5) is 14.1. The first-order valence-corrected chi connectivity index (χ1v) is 9.02. The zero-order valence-electron chi connectivity index (χ0n) is 14.9. The number of piperidine rings is 1. The summed E-state index contributed by atoms with van der Waals surface area (Å²) in [6.07, 6.45) is 1.53. The lowest BCUT2D eigenvalue weighted by atomic mass is 9.95. The van der Waals surface area contributed by atoms with Gasteiger partial charge >= 0.3 is 0 Å². The number of aromatic nitrogens is 4. The Bertz CT molecular complexity index is 720. The van der Waals surface area contributed by atoms with E-state index < -0.39 is 6.04 Å². The average Bonchev–Trinajstić information content (AvgIpc) is 3.08. The van der Waals surface area contributed by atoms with Crippen LogP contribution >= 0.6 is 24.0 Å². The van der Waals surface area contributed by atoms with Crippen molar-refractivity contribution in [2.24, 2.45) is 5.92 Å². The van der Waals surface area contributed by atoms with E-state index in [1.165, 1.54) is 4.80 Å². The molecule has 1 fully saturated rings. The van der Waals surface area contributed by atoms with Gasteiger partial charge in [-0.1, -0.05) is 25.4 Å². The number of carbonyl (C=O) groups is 1. The molecule has 1 amide bonds. The molecule has 0 spiro atoms. The number of hydrogen-bond donors (Lipinski definition) is 2. The fraction of sp³-hybridized carbons (Fsp3) is 0.529. The van der Waals surface area contributed by atoms with Gasteiger partial charge in [-0.25, -0.2) is 0 Å².